The van der Waals surface area contributed by atoms with Gasteiger partial charge in [-0.05, 0) is 67.7 Å². The van der Waals surface area contributed by atoms with E-state index in [1.54, 1.807) is 11.0 Å². The molecule has 53 heavy (non-hydrogen) atoms. The van der Waals surface area contributed by atoms with E-state index in [1.807, 2.05) is 7.05 Å². The number of carboxylic acids is 2. The van der Waals surface area contributed by atoms with Gasteiger partial charge in [-0.25, -0.2) is 16.8 Å². The Labute approximate surface area is 307 Å². The second-order valence-corrected chi connectivity index (χ2v) is 15.7. The molecule has 1 heterocycles. The van der Waals surface area contributed by atoms with Crippen molar-refractivity contribution in [2.75, 3.05) is 69.1 Å². The van der Waals surface area contributed by atoms with E-state index < -0.39 is 51.0 Å². The molecule has 1 fully saturated rings. The predicted octanol–water partition coefficient (Wildman–Crippen LogP) is 3.20. The van der Waals surface area contributed by atoms with Gasteiger partial charge in [-0.3, -0.25) is 23.0 Å². The van der Waals surface area contributed by atoms with Gasteiger partial charge in [-0.15, -0.1) is 0 Å². The molecule has 0 aliphatic carbocycles. The summed E-state index contributed by atoms with van der Waals surface area (Å²) in [7, 11) is -4.55. The summed E-state index contributed by atoms with van der Waals surface area (Å²) in [6.07, 6.45) is 2.48. The summed E-state index contributed by atoms with van der Waals surface area (Å²) in [6, 6.07) is 17.9. The maximum Gasteiger partial charge on any atom is 0.324 e. The van der Waals surface area contributed by atoms with Crippen molar-refractivity contribution in [2.24, 2.45) is 0 Å². The highest BCUT2D eigenvalue weighted by atomic mass is 32.2. The summed E-state index contributed by atoms with van der Waals surface area (Å²) < 4.78 is 68.8. The number of rotatable bonds is 14. The number of hydrogen-bond donors (Lipinski definition) is 2. The van der Waals surface area contributed by atoms with E-state index in [0.29, 0.717) is 46.3 Å². The Bertz CT molecular complexity index is 2250. The fourth-order valence-electron chi connectivity index (χ4n) is 5.85. The van der Waals surface area contributed by atoms with Gasteiger partial charge in [-0.2, -0.15) is 0 Å². The van der Waals surface area contributed by atoms with Crippen molar-refractivity contribution in [2.45, 2.75) is 9.79 Å². The van der Waals surface area contributed by atoms with Gasteiger partial charge in [0.2, 0.25) is 5.91 Å². The quantitative estimate of drug-likeness (QED) is 0.179. The molecule has 0 spiro atoms. The highest BCUT2D eigenvalue weighted by molar-refractivity contribution is 7.93. The third-order valence-corrected chi connectivity index (χ3v) is 12.1. The van der Waals surface area contributed by atoms with Crippen molar-refractivity contribution in [3.8, 4) is 11.5 Å². The van der Waals surface area contributed by atoms with Crippen molar-refractivity contribution in [1.29, 1.82) is 0 Å². The molecule has 4 aromatic carbocycles. The van der Waals surface area contributed by atoms with Crippen LogP contribution in [0.25, 0.3) is 16.8 Å². The van der Waals surface area contributed by atoms with Gasteiger partial charge in [0, 0.05) is 48.6 Å². The fourth-order valence-corrected chi connectivity index (χ4v) is 8.73. The zero-order valence-electron chi connectivity index (χ0n) is 29.1. The zero-order chi connectivity index (χ0) is 38.5. The highest BCUT2D eigenvalue weighted by Crippen LogP contribution is 2.42. The highest BCUT2D eigenvalue weighted by Gasteiger charge is 2.34. The second-order valence-electron chi connectivity index (χ2n) is 12.0. The van der Waals surface area contributed by atoms with E-state index in [1.165, 1.54) is 99.2 Å². The molecule has 4 aromatic rings. The van der Waals surface area contributed by atoms with E-state index in [-0.39, 0.29) is 37.5 Å². The van der Waals surface area contributed by atoms with Crippen molar-refractivity contribution in [1.82, 2.24) is 9.80 Å². The lowest BCUT2D eigenvalue weighted by molar-refractivity contribution is -0.136. The van der Waals surface area contributed by atoms with Crippen LogP contribution in [0.5, 0.6) is 11.5 Å². The Morgan fingerprint density at radius 1 is 0.717 bits per heavy atom. The van der Waals surface area contributed by atoms with Crippen LogP contribution >= 0.6 is 0 Å². The third kappa shape index (κ3) is 8.37. The maximum atomic E-state index is 14.4. The minimum atomic E-state index is -4.66. The minimum Gasteiger partial charge on any atom is -0.497 e. The topological polar surface area (TPSA) is 191 Å². The molecule has 0 bridgehead atoms. The normalized spacial score (nSPS) is 13.9. The van der Waals surface area contributed by atoms with Gasteiger partial charge >= 0.3 is 11.9 Å². The number of carboxylic acid groups (broad SMARTS) is 2. The van der Waals surface area contributed by atoms with Crippen LogP contribution in [0, 0.1) is 0 Å². The Morgan fingerprint density at radius 3 is 1.68 bits per heavy atom. The number of methoxy groups -OCH3 is 2. The molecule has 1 aliphatic heterocycles. The van der Waals surface area contributed by atoms with Crippen LogP contribution in [0.1, 0.15) is 5.56 Å². The second kappa shape index (κ2) is 15.9. The van der Waals surface area contributed by atoms with Crippen LogP contribution in [0.15, 0.2) is 94.7 Å². The summed E-state index contributed by atoms with van der Waals surface area (Å²) in [4.78, 5) is 41.2. The number of nitrogens with zero attached hydrogens (tertiary/aromatic N) is 4. The molecule has 280 valence electrons. The van der Waals surface area contributed by atoms with Crippen molar-refractivity contribution < 1.29 is 50.9 Å². The van der Waals surface area contributed by atoms with Crippen LogP contribution in [0.3, 0.4) is 0 Å². The molecule has 1 saturated heterocycles. The molecule has 1 amide bonds. The number of benzene rings is 4. The van der Waals surface area contributed by atoms with Crippen LogP contribution in [-0.4, -0.2) is 115 Å². The number of anilines is 2. The number of sulfonamides is 2. The SMILES string of the molecule is COc1ccc(S(=O)(=O)N(CC(=O)O)c2cc(/C=C\C(=O)N3CCN(C)CC3)c(N(CC(=O)O)S(=O)(=O)c3ccc(OC)cc3)c3ccccc23)cc1. The summed E-state index contributed by atoms with van der Waals surface area (Å²) in [5, 5.41) is 20.2. The molecular weight excluding hydrogens is 729 g/mol. The lowest BCUT2D eigenvalue weighted by Gasteiger charge is -2.32. The Morgan fingerprint density at radius 2 is 1.19 bits per heavy atom. The average molecular weight is 767 g/mol. The van der Waals surface area contributed by atoms with Crippen molar-refractivity contribution in [3.05, 3.63) is 90.5 Å². The van der Waals surface area contributed by atoms with Gasteiger partial charge in [-0.1, -0.05) is 24.3 Å². The molecule has 17 heteroatoms. The number of likely N-dealkylation sites (N-methyl/N-ethyl adjacent to an activating group) is 1. The standard InChI is InChI=1S/C36H38N4O11S2/c1-37-18-20-38(21-19-37)33(41)17-8-25-22-32(39(23-34(42)43)52(46,47)28-13-9-26(50-2)10-14-28)30-6-4-5-7-31(30)36(25)40(24-35(44)45)53(48,49)29-15-11-27(51-3)12-16-29/h4-17,22H,18-21,23-24H2,1-3H3,(H,42,43)(H,44,45)/b17-8-. The number of ether oxygens (including phenoxy) is 2. The number of aliphatic carboxylic acids is 2. The molecule has 0 atom stereocenters. The number of carbonyl (C=O) groups is 3. The average Bonchev–Trinajstić information content (AvgIpc) is 3.14. The molecule has 2 N–H and O–H groups in total. The van der Waals surface area contributed by atoms with Gasteiger partial charge in [0.15, 0.2) is 0 Å². The first-order chi connectivity index (χ1) is 25.2. The fraction of sp³-hybridized carbons (Fsp3) is 0.250. The number of amides is 1. The molecule has 5 rings (SSSR count). The predicted molar refractivity (Wildman–Crippen MR) is 197 cm³/mol. The van der Waals surface area contributed by atoms with E-state index in [0.717, 1.165) is 0 Å². The van der Waals surface area contributed by atoms with Crippen LogP contribution in [-0.2, 0) is 34.4 Å². The Hall–Kier alpha value is -5.65. The molecule has 0 aromatic heterocycles. The maximum absolute atomic E-state index is 14.4. The number of carbonyl (C=O) groups excluding carboxylic acids is 1. The Balaban J connectivity index is 1.81. The van der Waals surface area contributed by atoms with E-state index in [2.05, 4.69) is 4.90 Å². The summed E-state index contributed by atoms with van der Waals surface area (Å²) in [5.41, 5.74) is -0.409. The monoisotopic (exact) mass is 766 g/mol. The first-order valence-electron chi connectivity index (χ1n) is 16.2. The molecule has 0 unspecified atom stereocenters. The van der Waals surface area contributed by atoms with Crippen LogP contribution < -0.4 is 18.1 Å². The smallest absolute Gasteiger partial charge is 0.324 e. The van der Waals surface area contributed by atoms with E-state index in [9.17, 15) is 41.4 Å². The number of fused-ring (bicyclic) bond motifs is 1. The van der Waals surface area contributed by atoms with Gasteiger partial charge in [0.05, 0.1) is 35.4 Å². The zero-order valence-corrected chi connectivity index (χ0v) is 30.7. The largest absolute Gasteiger partial charge is 0.497 e. The van der Waals surface area contributed by atoms with Crippen LogP contribution in [0.2, 0.25) is 0 Å². The summed E-state index contributed by atoms with van der Waals surface area (Å²) in [6.45, 7) is -0.0361. The van der Waals surface area contributed by atoms with Gasteiger partial charge in [0.25, 0.3) is 20.0 Å². The molecule has 0 saturated carbocycles. The first-order valence-corrected chi connectivity index (χ1v) is 19.0. The van der Waals surface area contributed by atoms with E-state index in [4.69, 9.17) is 9.47 Å². The number of hydrogen-bond acceptors (Lipinski definition) is 10. The molecule has 15 nitrogen and oxygen atoms in total. The molecule has 0 radical (unpaired) electrons. The molecular formula is C36H38N4O11S2. The van der Waals surface area contributed by atoms with Gasteiger partial charge in [0.1, 0.15) is 24.6 Å². The first kappa shape index (κ1) is 38.6. The minimum absolute atomic E-state index is 0.0651. The lowest BCUT2D eigenvalue weighted by atomic mass is 10.0. The third-order valence-electron chi connectivity index (χ3n) is 8.61. The Kier molecular flexibility index (Phi) is 11.6. The van der Waals surface area contributed by atoms with Gasteiger partial charge < -0.3 is 29.5 Å². The van der Waals surface area contributed by atoms with Crippen molar-refractivity contribution >= 4 is 66.1 Å². The van der Waals surface area contributed by atoms with E-state index >= 15 is 0 Å². The summed E-state index contributed by atoms with van der Waals surface area (Å²) in [5.74, 6) is -2.71. The van der Waals surface area contributed by atoms with Crippen LogP contribution in [0.4, 0.5) is 11.4 Å². The summed E-state index contributed by atoms with van der Waals surface area (Å²) >= 11 is 0. The number of piperazine rings is 1. The lowest BCUT2D eigenvalue weighted by Crippen LogP contribution is -2.46. The molecule has 1 aliphatic rings. The van der Waals surface area contributed by atoms with Crippen molar-refractivity contribution in [3.63, 3.8) is 0 Å².